The summed E-state index contributed by atoms with van der Waals surface area (Å²) in [4.78, 5) is 11.3. The Hall–Kier alpha value is -0.490. The molecule has 5 heteroatoms. The molecule has 0 unspecified atom stereocenters. The van der Waals surface area contributed by atoms with Crippen LogP contribution in [0.25, 0.3) is 0 Å². The van der Waals surface area contributed by atoms with Crippen molar-refractivity contribution in [2.24, 2.45) is 0 Å². The van der Waals surface area contributed by atoms with Crippen LogP contribution < -0.4 is 11.5 Å². The van der Waals surface area contributed by atoms with Crippen LogP contribution in [0.15, 0.2) is 12.1 Å². The summed E-state index contributed by atoms with van der Waals surface area (Å²) in [6, 6.07) is 3.38. The predicted molar refractivity (Wildman–Crippen MR) is 63.0 cm³/mol. The highest BCUT2D eigenvalue weighted by Gasteiger charge is 2.12. The largest absolute Gasteiger partial charge is 0.398 e. The molecule has 1 aromatic rings. The molecule has 0 atom stereocenters. The van der Waals surface area contributed by atoms with E-state index in [9.17, 15) is 4.79 Å². The number of hydrogen-bond donors (Lipinski definition) is 2. The van der Waals surface area contributed by atoms with Gasteiger partial charge in [0.15, 0.2) is 5.78 Å². The molecule has 0 saturated heterocycles. The summed E-state index contributed by atoms with van der Waals surface area (Å²) < 4.78 is 0.902. The second-order valence-corrected chi connectivity index (χ2v) is 4.03. The van der Waals surface area contributed by atoms with E-state index in [0.717, 1.165) is 3.57 Å². The van der Waals surface area contributed by atoms with E-state index in [-0.39, 0.29) is 11.7 Å². The van der Waals surface area contributed by atoms with E-state index >= 15 is 0 Å². The Morgan fingerprint density at radius 2 is 1.85 bits per heavy atom. The lowest BCUT2D eigenvalue weighted by molar-refractivity contribution is 0.102. The molecule has 4 N–H and O–H groups in total. The number of carbonyl (C=O) groups is 1. The Labute approximate surface area is 94.6 Å². The zero-order chi connectivity index (χ0) is 10.0. The van der Waals surface area contributed by atoms with Gasteiger partial charge in [-0.25, -0.2) is 0 Å². The van der Waals surface area contributed by atoms with Crippen LogP contribution in [0.1, 0.15) is 10.4 Å². The SMILES string of the molecule is Nc1cc(I)cc(N)c1C(=O)CCl. The molecule has 0 spiro atoms. The topological polar surface area (TPSA) is 69.1 Å². The van der Waals surface area contributed by atoms with Crippen LogP contribution in [0.5, 0.6) is 0 Å². The monoisotopic (exact) mass is 310 g/mol. The summed E-state index contributed by atoms with van der Waals surface area (Å²) in [5.41, 5.74) is 12.4. The number of Topliss-reactive ketones (excluding diaryl/α,β-unsaturated/α-hetero) is 1. The van der Waals surface area contributed by atoms with Crippen LogP contribution in [-0.2, 0) is 0 Å². The van der Waals surface area contributed by atoms with Crippen LogP contribution in [0.2, 0.25) is 0 Å². The third-order valence-electron chi connectivity index (χ3n) is 1.56. The van der Waals surface area contributed by atoms with E-state index in [0.29, 0.717) is 16.9 Å². The van der Waals surface area contributed by atoms with Crippen LogP contribution in [0.4, 0.5) is 11.4 Å². The Bertz CT molecular complexity index is 331. The van der Waals surface area contributed by atoms with Crippen LogP contribution in [-0.4, -0.2) is 11.7 Å². The average Bonchev–Trinajstić information content (AvgIpc) is 2.02. The number of benzene rings is 1. The molecule has 0 fully saturated rings. The summed E-state index contributed by atoms with van der Waals surface area (Å²) >= 11 is 7.49. The molecule has 0 amide bonds. The second-order valence-electron chi connectivity index (χ2n) is 2.52. The average molecular weight is 311 g/mol. The van der Waals surface area contributed by atoms with Gasteiger partial charge in [-0.1, -0.05) is 0 Å². The van der Waals surface area contributed by atoms with Gasteiger partial charge in [-0.3, -0.25) is 4.79 Å². The Balaban J connectivity index is 3.28. The van der Waals surface area contributed by atoms with Crippen molar-refractivity contribution >= 4 is 51.3 Å². The quantitative estimate of drug-likeness (QED) is 0.379. The second kappa shape index (κ2) is 4.15. The summed E-state index contributed by atoms with van der Waals surface area (Å²) in [7, 11) is 0. The molecular weight excluding hydrogens is 302 g/mol. The summed E-state index contributed by atoms with van der Waals surface area (Å²) in [5.74, 6) is -0.345. The van der Waals surface area contributed by atoms with Crippen molar-refractivity contribution in [2.75, 3.05) is 17.3 Å². The molecule has 13 heavy (non-hydrogen) atoms. The highest BCUT2D eigenvalue weighted by Crippen LogP contribution is 2.23. The van der Waals surface area contributed by atoms with Crippen molar-refractivity contribution in [3.05, 3.63) is 21.3 Å². The van der Waals surface area contributed by atoms with Gasteiger partial charge in [0.2, 0.25) is 0 Å². The number of halogens is 2. The standard InChI is InChI=1S/C8H8ClIN2O/c9-3-7(13)8-5(11)1-4(10)2-6(8)12/h1-2H,3,11-12H2. The van der Waals surface area contributed by atoms with Gasteiger partial charge < -0.3 is 11.5 Å². The maximum atomic E-state index is 11.3. The highest BCUT2D eigenvalue weighted by atomic mass is 127. The Kier molecular flexibility index (Phi) is 3.38. The van der Waals surface area contributed by atoms with Gasteiger partial charge in [-0.15, -0.1) is 11.6 Å². The fraction of sp³-hybridized carbons (Fsp3) is 0.125. The van der Waals surface area contributed by atoms with Gasteiger partial charge in [0.25, 0.3) is 0 Å². The molecule has 1 aromatic carbocycles. The number of hydrogen-bond acceptors (Lipinski definition) is 3. The zero-order valence-electron chi connectivity index (χ0n) is 6.68. The molecule has 1 rings (SSSR count). The van der Waals surface area contributed by atoms with E-state index in [1.54, 1.807) is 12.1 Å². The molecule has 70 valence electrons. The summed E-state index contributed by atoms with van der Waals surface area (Å²) in [5, 5.41) is 0. The molecular formula is C8H8ClIN2O. The van der Waals surface area contributed by atoms with Gasteiger partial charge in [0.1, 0.15) is 0 Å². The van der Waals surface area contributed by atoms with E-state index in [4.69, 9.17) is 23.1 Å². The van der Waals surface area contributed by atoms with Crippen molar-refractivity contribution in [3.63, 3.8) is 0 Å². The lowest BCUT2D eigenvalue weighted by atomic mass is 10.1. The van der Waals surface area contributed by atoms with Crippen molar-refractivity contribution in [1.29, 1.82) is 0 Å². The third-order valence-corrected chi connectivity index (χ3v) is 2.43. The van der Waals surface area contributed by atoms with Crippen LogP contribution in [0.3, 0.4) is 0 Å². The van der Waals surface area contributed by atoms with Gasteiger partial charge in [0.05, 0.1) is 11.4 Å². The lowest BCUT2D eigenvalue weighted by Crippen LogP contribution is -2.09. The molecule has 3 nitrogen and oxygen atoms in total. The van der Waals surface area contributed by atoms with Gasteiger partial charge >= 0.3 is 0 Å². The first-order chi connectivity index (χ1) is 6.06. The molecule has 0 saturated carbocycles. The molecule has 0 heterocycles. The molecule has 0 aromatic heterocycles. The Morgan fingerprint density at radius 3 is 2.23 bits per heavy atom. The van der Waals surface area contributed by atoms with Gasteiger partial charge in [-0.05, 0) is 34.7 Å². The first kappa shape index (κ1) is 10.6. The number of nitrogen functional groups attached to an aromatic ring is 2. The van der Waals surface area contributed by atoms with E-state index in [1.807, 2.05) is 0 Å². The van der Waals surface area contributed by atoms with Crippen molar-refractivity contribution in [2.45, 2.75) is 0 Å². The number of ketones is 1. The molecule has 0 aliphatic rings. The molecule has 0 bridgehead atoms. The first-order valence-electron chi connectivity index (χ1n) is 3.50. The van der Waals surface area contributed by atoms with Crippen molar-refractivity contribution < 1.29 is 4.79 Å². The van der Waals surface area contributed by atoms with Crippen molar-refractivity contribution in [3.8, 4) is 0 Å². The van der Waals surface area contributed by atoms with Crippen LogP contribution >= 0.6 is 34.2 Å². The zero-order valence-corrected chi connectivity index (χ0v) is 9.59. The van der Waals surface area contributed by atoms with E-state index in [1.165, 1.54) is 0 Å². The lowest BCUT2D eigenvalue weighted by Gasteiger charge is -2.06. The Morgan fingerprint density at radius 1 is 1.38 bits per heavy atom. The number of alkyl halides is 1. The fourth-order valence-corrected chi connectivity index (χ4v) is 1.84. The number of carbonyl (C=O) groups excluding carboxylic acids is 1. The van der Waals surface area contributed by atoms with Gasteiger partial charge in [0, 0.05) is 14.9 Å². The highest BCUT2D eigenvalue weighted by molar-refractivity contribution is 14.1. The maximum Gasteiger partial charge on any atom is 0.181 e. The van der Waals surface area contributed by atoms with E-state index in [2.05, 4.69) is 22.6 Å². The minimum atomic E-state index is -0.243. The number of anilines is 2. The summed E-state index contributed by atoms with van der Waals surface area (Å²) in [6.07, 6.45) is 0. The van der Waals surface area contributed by atoms with Crippen LogP contribution in [0, 0.1) is 3.57 Å². The molecule has 0 radical (unpaired) electrons. The number of rotatable bonds is 2. The minimum absolute atomic E-state index is 0.102. The first-order valence-corrected chi connectivity index (χ1v) is 5.11. The maximum absolute atomic E-state index is 11.3. The van der Waals surface area contributed by atoms with Gasteiger partial charge in [-0.2, -0.15) is 0 Å². The smallest absolute Gasteiger partial charge is 0.181 e. The minimum Gasteiger partial charge on any atom is -0.398 e. The third kappa shape index (κ3) is 2.25. The predicted octanol–water partition coefficient (Wildman–Crippen LogP) is 1.88. The molecule has 0 aliphatic carbocycles. The summed E-state index contributed by atoms with van der Waals surface area (Å²) in [6.45, 7) is 0. The fourth-order valence-electron chi connectivity index (χ4n) is 1.04. The van der Waals surface area contributed by atoms with Crippen molar-refractivity contribution in [1.82, 2.24) is 0 Å². The normalized spacial score (nSPS) is 10.0. The number of nitrogens with two attached hydrogens (primary N) is 2. The van der Waals surface area contributed by atoms with E-state index < -0.39 is 0 Å². The molecule has 0 aliphatic heterocycles.